The van der Waals surface area contributed by atoms with Crippen molar-refractivity contribution in [3.8, 4) is 0 Å². The van der Waals surface area contributed by atoms with Gasteiger partial charge in [-0.25, -0.2) is 10.3 Å². The summed E-state index contributed by atoms with van der Waals surface area (Å²) in [4.78, 5) is 4.61. The molecule has 14 heavy (non-hydrogen) atoms. The van der Waals surface area contributed by atoms with Crippen LogP contribution in [0.2, 0.25) is 0 Å². The van der Waals surface area contributed by atoms with Crippen molar-refractivity contribution in [1.82, 2.24) is 0 Å². The molecule has 1 aromatic rings. The summed E-state index contributed by atoms with van der Waals surface area (Å²) in [6.07, 6.45) is 0. The number of rotatable bonds is 3. The summed E-state index contributed by atoms with van der Waals surface area (Å²) in [7, 11) is 0. The van der Waals surface area contributed by atoms with Crippen molar-refractivity contribution in [2.24, 2.45) is 5.90 Å². The van der Waals surface area contributed by atoms with Gasteiger partial charge in [-0.15, -0.1) is 0 Å². The van der Waals surface area contributed by atoms with E-state index in [1.807, 2.05) is 19.9 Å². The molecule has 0 amide bonds. The molecule has 0 saturated heterocycles. The number of halogens is 2. The molecule has 78 valence electrons. The number of benzene rings is 1. The van der Waals surface area contributed by atoms with Gasteiger partial charge in [0.05, 0.1) is 11.1 Å². The van der Waals surface area contributed by atoms with E-state index in [-0.39, 0.29) is 11.2 Å². The van der Waals surface area contributed by atoms with E-state index in [0.717, 1.165) is 5.56 Å². The molecule has 0 fully saturated rings. The van der Waals surface area contributed by atoms with Gasteiger partial charge in [0.1, 0.15) is 5.82 Å². The van der Waals surface area contributed by atoms with Crippen molar-refractivity contribution in [3.05, 3.63) is 34.1 Å². The second-order valence-electron chi connectivity index (χ2n) is 3.80. The normalized spacial score (nSPS) is 11.8. The molecule has 0 radical (unpaired) electrons. The molecule has 0 saturated carbocycles. The van der Waals surface area contributed by atoms with Gasteiger partial charge in [0, 0.05) is 5.41 Å². The lowest BCUT2D eigenvalue weighted by Crippen LogP contribution is -2.26. The van der Waals surface area contributed by atoms with E-state index in [1.165, 1.54) is 6.07 Å². The van der Waals surface area contributed by atoms with Gasteiger partial charge in [-0.1, -0.05) is 26.0 Å². The Hall–Kier alpha value is -0.450. The highest BCUT2D eigenvalue weighted by Crippen LogP contribution is 2.31. The highest BCUT2D eigenvalue weighted by atomic mass is 79.9. The number of hydrogen-bond donors (Lipinski definition) is 1. The highest BCUT2D eigenvalue weighted by Gasteiger charge is 2.24. The Balaban J connectivity index is 3.12. The molecular formula is C10H13BrFNO. The first-order chi connectivity index (χ1) is 6.49. The minimum atomic E-state index is -0.310. The summed E-state index contributed by atoms with van der Waals surface area (Å²) >= 11 is 3.21. The lowest BCUT2D eigenvalue weighted by molar-refractivity contribution is 0.0960. The molecule has 0 bridgehead atoms. The molecule has 4 heteroatoms. The van der Waals surface area contributed by atoms with Crippen LogP contribution >= 0.6 is 15.9 Å². The Labute approximate surface area is 91.3 Å². The van der Waals surface area contributed by atoms with Crippen LogP contribution in [0.5, 0.6) is 0 Å². The predicted molar refractivity (Wildman–Crippen MR) is 57.3 cm³/mol. The maximum atomic E-state index is 13.2. The minimum Gasteiger partial charge on any atom is -0.304 e. The van der Waals surface area contributed by atoms with E-state index >= 15 is 0 Å². The maximum Gasteiger partial charge on any atom is 0.137 e. The first kappa shape index (κ1) is 11.6. The standard InChI is InChI=1S/C10H13BrFNO/c1-10(2,6-14-13)7-4-3-5-8(12)9(7)11/h3-5H,6,13H2,1-2H3. The second kappa shape index (κ2) is 4.38. The van der Waals surface area contributed by atoms with Crippen LogP contribution in [0.25, 0.3) is 0 Å². The van der Waals surface area contributed by atoms with E-state index in [9.17, 15) is 4.39 Å². The Kier molecular flexibility index (Phi) is 3.64. The van der Waals surface area contributed by atoms with Crippen molar-refractivity contribution in [3.63, 3.8) is 0 Å². The molecule has 0 aliphatic carbocycles. The van der Waals surface area contributed by atoms with Gasteiger partial charge in [-0.2, -0.15) is 0 Å². The van der Waals surface area contributed by atoms with Gasteiger partial charge in [0.2, 0.25) is 0 Å². The highest BCUT2D eigenvalue weighted by molar-refractivity contribution is 9.10. The molecule has 0 spiro atoms. The zero-order chi connectivity index (χ0) is 10.8. The summed E-state index contributed by atoms with van der Waals surface area (Å²) in [6, 6.07) is 4.94. The van der Waals surface area contributed by atoms with Crippen LogP contribution in [0.3, 0.4) is 0 Å². The van der Waals surface area contributed by atoms with Gasteiger partial charge in [-0.05, 0) is 27.6 Å². The maximum absolute atomic E-state index is 13.2. The Bertz CT molecular complexity index is 328. The Morgan fingerprint density at radius 2 is 2.14 bits per heavy atom. The third-order valence-corrected chi connectivity index (χ3v) is 2.93. The SMILES string of the molecule is CC(C)(CON)c1cccc(F)c1Br. The lowest BCUT2D eigenvalue weighted by atomic mass is 9.85. The summed E-state index contributed by atoms with van der Waals surface area (Å²) in [5.41, 5.74) is 0.540. The van der Waals surface area contributed by atoms with Gasteiger partial charge in [-0.3, -0.25) is 0 Å². The van der Waals surface area contributed by atoms with Gasteiger partial charge in [0.15, 0.2) is 0 Å². The second-order valence-corrected chi connectivity index (χ2v) is 4.59. The summed E-state index contributed by atoms with van der Waals surface area (Å²) < 4.78 is 13.7. The molecule has 0 aliphatic heterocycles. The quantitative estimate of drug-likeness (QED) is 0.850. The van der Waals surface area contributed by atoms with Crippen LogP contribution in [0.4, 0.5) is 4.39 Å². The molecular weight excluding hydrogens is 249 g/mol. The van der Waals surface area contributed by atoms with Crippen molar-refractivity contribution in [2.75, 3.05) is 6.61 Å². The molecule has 0 aliphatic rings. The smallest absolute Gasteiger partial charge is 0.137 e. The molecule has 0 unspecified atom stereocenters. The molecule has 0 atom stereocenters. The third kappa shape index (κ3) is 2.32. The van der Waals surface area contributed by atoms with Crippen LogP contribution in [-0.4, -0.2) is 6.61 Å². The fraction of sp³-hybridized carbons (Fsp3) is 0.400. The first-order valence-electron chi connectivity index (χ1n) is 4.25. The topological polar surface area (TPSA) is 35.2 Å². The van der Waals surface area contributed by atoms with Crippen LogP contribution < -0.4 is 5.90 Å². The summed E-state index contributed by atoms with van der Waals surface area (Å²) in [5.74, 6) is 4.76. The van der Waals surface area contributed by atoms with E-state index in [4.69, 9.17) is 5.90 Å². The average Bonchev–Trinajstić information content (AvgIpc) is 2.09. The van der Waals surface area contributed by atoms with E-state index in [0.29, 0.717) is 11.1 Å². The molecule has 1 rings (SSSR count). The van der Waals surface area contributed by atoms with E-state index in [1.54, 1.807) is 6.07 Å². The van der Waals surface area contributed by atoms with Crippen molar-refractivity contribution >= 4 is 15.9 Å². The largest absolute Gasteiger partial charge is 0.304 e. The Morgan fingerprint density at radius 1 is 1.50 bits per heavy atom. The summed E-state index contributed by atoms with van der Waals surface area (Å²) in [6.45, 7) is 4.23. The van der Waals surface area contributed by atoms with Crippen LogP contribution in [0.15, 0.2) is 22.7 Å². The van der Waals surface area contributed by atoms with E-state index < -0.39 is 0 Å². The van der Waals surface area contributed by atoms with Crippen LogP contribution in [-0.2, 0) is 10.3 Å². The first-order valence-corrected chi connectivity index (χ1v) is 5.04. The van der Waals surface area contributed by atoms with Crippen molar-refractivity contribution in [1.29, 1.82) is 0 Å². The van der Waals surface area contributed by atoms with E-state index in [2.05, 4.69) is 20.8 Å². The number of hydrogen-bond acceptors (Lipinski definition) is 2. The Morgan fingerprint density at radius 3 is 2.71 bits per heavy atom. The average molecular weight is 262 g/mol. The van der Waals surface area contributed by atoms with Crippen molar-refractivity contribution < 1.29 is 9.23 Å². The fourth-order valence-corrected chi connectivity index (χ4v) is 2.11. The van der Waals surface area contributed by atoms with Gasteiger partial charge in [0.25, 0.3) is 0 Å². The molecule has 0 heterocycles. The van der Waals surface area contributed by atoms with Gasteiger partial charge < -0.3 is 4.84 Å². The summed E-state index contributed by atoms with van der Waals surface area (Å²) in [5, 5.41) is 0. The van der Waals surface area contributed by atoms with Crippen LogP contribution in [0, 0.1) is 5.82 Å². The van der Waals surface area contributed by atoms with Crippen LogP contribution in [0.1, 0.15) is 19.4 Å². The lowest BCUT2D eigenvalue weighted by Gasteiger charge is -2.25. The minimum absolute atomic E-state index is 0.271. The molecule has 2 N–H and O–H groups in total. The zero-order valence-corrected chi connectivity index (χ0v) is 9.77. The van der Waals surface area contributed by atoms with Gasteiger partial charge >= 0.3 is 0 Å². The molecule has 0 aromatic heterocycles. The molecule has 1 aromatic carbocycles. The fourth-order valence-electron chi connectivity index (χ4n) is 1.31. The third-order valence-electron chi connectivity index (χ3n) is 2.12. The monoisotopic (exact) mass is 261 g/mol. The number of nitrogens with two attached hydrogens (primary N) is 1. The van der Waals surface area contributed by atoms with Crippen molar-refractivity contribution in [2.45, 2.75) is 19.3 Å². The zero-order valence-electron chi connectivity index (χ0n) is 8.18. The predicted octanol–water partition coefficient (Wildman–Crippen LogP) is 2.76. The molecule has 2 nitrogen and oxygen atoms in total.